The highest BCUT2D eigenvalue weighted by Gasteiger charge is 2.32. The number of carbonyl (C=O) groups excluding carboxylic acids is 1. The number of amides is 2. The predicted molar refractivity (Wildman–Crippen MR) is 79.2 cm³/mol. The molecule has 0 unspecified atom stereocenters. The zero-order valence-electron chi connectivity index (χ0n) is 12.0. The standard InChI is InChI=1S/C14H19ClN2O3/c1-8-5-6-10(9(15)7-8)16-13(20)17-11(12(18)19)14(2,3)4/h5-7,11H,1-4H3,(H,18,19)(H2,16,17,20)/t11-/m0/s1. The molecule has 2 amide bonds. The summed E-state index contributed by atoms with van der Waals surface area (Å²) < 4.78 is 0. The van der Waals surface area contributed by atoms with Gasteiger partial charge in [0.15, 0.2) is 0 Å². The molecule has 3 N–H and O–H groups in total. The topological polar surface area (TPSA) is 78.4 Å². The lowest BCUT2D eigenvalue weighted by Crippen LogP contribution is -2.50. The minimum Gasteiger partial charge on any atom is -0.480 e. The number of urea groups is 1. The van der Waals surface area contributed by atoms with E-state index < -0.39 is 23.5 Å². The maximum atomic E-state index is 11.9. The van der Waals surface area contributed by atoms with Gasteiger partial charge in [-0.3, -0.25) is 0 Å². The fourth-order valence-electron chi connectivity index (χ4n) is 1.66. The lowest BCUT2D eigenvalue weighted by Gasteiger charge is -2.27. The van der Waals surface area contributed by atoms with Crippen LogP contribution < -0.4 is 10.6 Å². The summed E-state index contributed by atoms with van der Waals surface area (Å²) in [5, 5.41) is 14.5. The van der Waals surface area contributed by atoms with Crippen LogP contribution in [0.1, 0.15) is 26.3 Å². The molecule has 1 rings (SSSR count). The van der Waals surface area contributed by atoms with E-state index in [2.05, 4.69) is 10.6 Å². The largest absolute Gasteiger partial charge is 0.480 e. The Labute approximate surface area is 123 Å². The van der Waals surface area contributed by atoms with Gasteiger partial charge in [-0.15, -0.1) is 0 Å². The van der Waals surface area contributed by atoms with Gasteiger partial charge in [0, 0.05) is 0 Å². The van der Waals surface area contributed by atoms with Crippen molar-refractivity contribution in [2.75, 3.05) is 5.32 Å². The van der Waals surface area contributed by atoms with E-state index in [0.717, 1.165) is 5.56 Å². The van der Waals surface area contributed by atoms with E-state index in [0.29, 0.717) is 10.7 Å². The van der Waals surface area contributed by atoms with E-state index in [-0.39, 0.29) is 0 Å². The molecule has 0 saturated carbocycles. The molecule has 0 fully saturated rings. The highest BCUT2D eigenvalue weighted by atomic mass is 35.5. The smallest absolute Gasteiger partial charge is 0.326 e. The number of rotatable bonds is 3. The van der Waals surface area contributed by atoms with Gasteiger partial charge in [0.25, 0.3) is 0 Å². The first-order chi connectivity index (χ1) is 9.11. The van der Waals surface area contributed by atoms with Crippen molar-refractivity contribution in [2.24, 2.45) is 5.41 Å². The third-order valence-electron chi connectivity index (χ3n) is 2.76. The van der Waals surface area contributed by atoms with Gasteiger partial charge in [0.2, 0.25) is 0 Å². The maximum absolute atomic E-state index is 11.9. The van der Waals surface area contributed by atoms with Crippen LogP contribution in [0, 0.1) is 12.3 Å². The first-order valence-corrected chi connectivity index (χ1v) is 6.55. The lowest BCUT2D eigenvalue weighted by molar-refractivity contribution is -0.141. The van der Waals surface area contributed by atoms with E-state index >= 15 is 0 Å². The maximum Gasteiger partial charge on any atom is 0.326 e. The third kappa shape index (κ3) is 4.42. The molecular formula is C14H19ClN2O3. The summed E-state index contributed by atoms with van der Waals surface area (Å²) in [5.41, 5.74) is 0.812. The molecule has 1 aromatic rings. The van der Waals surface area contributed by atoms with Gasteiger partial charge in [0.1, 0.15) is 6.04 Å². The van der Waals surface area contributed by atoms with E-state index in [1.807, 2.05) is 6.92 Å². The molecule has 0 aromatic heterocycles. The van der Waals surface area contributed by atoms with Crippen LogP contribution in [-0.4, -0.2) is 23.1 Å². The summed E-state index contributed by atoms with van der Waals surface area (Å²) in [4.78, 5) is 23.0. The fourth-order valence-corrected chi connectivity index (χ4v) is 1.94. The van der Waals surface area contributed by atoms with Gasteiger partial charge < -0.3 is 15.7 Å². The Balaban J connectivity index is 2.79. The zero-order chi connectivity index (χ0) is 15.5. The number of nitrogens with one attached hydrogen (secondary N) is 2. The number of halogens is 1. The molecule has 6 heteroatoms. The Hall–Kier alpha value is -1.75. The molecule has 0 radical (unpaired) electrons. The number of aryl methyl sites for hydroxylation is 1. The molecule has 5 nitrogen and oxygen atoms in total. The molecular weight excluding hydrogens is 280 g/mol. The summed E-state index contributed by atoms with van der Waals surface area (Å²) >= 11 is 6.00. The monoisotopic (exact) mass is 298 g/mol. The minimum absolute atomic E-state index is 0.405. The summed E-state index contributed by atoms with van der Waals surface area (Å²) in [6.07, 6.45) is 0. The van der Waals surface area contributed by atoms with Crippen molar-refractivity contribution in [2.45, 2.75) is 33.7 Å². The summed E-state index contributed by atoms with van der Waals surface area (Å²) in [6, 6.07) is 3.60. The fraction of sp³-hybridized carbons (Fsp3) is 0.429. The van der Waals surface area contributed by atoms with E-state index in [1.54, 1.807) is 39.0 Å². The second-order valence-electron chi connectivity index (χ2n) is 5.72. The predicted octanol–water partition coefficient (Wildman–Crippen LogP) is 3.27. The molecule has 20 heavy (non-hydrogen) atoms. The number of carboxylic acid groups (broad SMARTS) is 1. The third-order valence-corrected chi connectivity index (χ3v) is 3.07. The SMILES string of the molecule is Cc1ccc(NC(=O)N[C@@H](C(=O)O)C(C)(C)C)c(Cl)c1. The normalized spacial score (nSPS) is 12.7. The lowest BCUT2D eigenvalue weighted by atomic mass is 9.87. The number of aliphatic carboxylic acids is 1. The van der Waals surface area contributed by atoms with Crippen molar-refractivity contribution in [3.63, 3.8) is 0 Å². The number of anilines is 1. The van der Waals surface area contributed by atoms with Crippen LogP contribution in [0.3, 0.4) is 0 Å². The first-order valence-electron chi connectivity index (χ1n) is 6.17. The Kier molecular flexibility index (Phi) is 5.00. The highest BCUT2D eigenvalue weighted by molar-refractivity contribution is 6.33. The van der Waals surface area contributed by atoms with Gasteiger partial charge in [0.05, 0.1) is 10.7 Å². The Morgan fingerprint density at radius 2 is 1.90 bits per heavy atom. The van der Waals surface area contributed by atoms with Crippen LogP contribution in [0.5, 0.6) is 0 Å². The van der Waals surface area contributed by atoms with Gasteiger partial charge >= 0.3 is 12.0 Å². The van der Waals surface area contributed by atoms with Crippen molar-refractivity contribution >= 4 is 29.3 Å². The number of benzene rings is 1. The van der Waals surface area contributed by atoms with Crippen LogP contribution >= 0.6 is 11.6 Å². The van der Waals surface area contributed by atoms with Crippen LogP contribution in [0.4, 0.5) is 10.5 Å². The molecule has 0 aliphatic carbocycles. The van der Waals surface area contributed by atoms with Gasteiger partial charge in [-0.05, 0) is 30.0 Å². The number of carboxylic acids is 1. The molecule has 0 saturated heterocycles. The molecule has 1 aromatic carbocycles. The van der Waals surface area contributed by atoms with Crippen LogP contribution in [0.2, 0.25) is 5.02 Å². The van der Waals surface area contributed by atoms with Gasteiger partial charge in [-0.25, -0.2) is 9.59 Å². The van der Waals surface area contributed by atoms with Crippen molar-refractivity contribution in [3.8, 4) is 0 Å². The van der Waals surface area contributed by atoms with Crippen LogP contribution in [0.25, 0.3) is 0 Å². The van der Waals surface area contributed by atoms with E-state index in [4.69, 9.17) is 16.7 Å². The summed E-state index contributed by atoms with van der Waals surface area (Å²) in [6.45, 7) is 7.11. The second-order valence-corrected chi connectivity index (χ2v) is 6.13. The molecule has 0 heterocycles. The zero-order valence-corrected chi connectivity index (χ0v) is 12.7. The quantitative estimate of drug-likeness (QED) is 0.801. The Bertz CT molecular complexity index is 524. The average Bonchev–Trinajstić information content (AvgIpc) is 2.28. The van der Waals surface area contributed by atoms with E-state index in [9.17, 15) is 9.59 Å². The molecule has 0 aliphatic heterocycles. The summed E-state index contributed by atoms with van der Waals surface area (Å²) in [7, 11) is 0. The second kappa shape index (κ2) is 6.13. The van der Waals surface area contributed by atoms with Crippen LogP contribution in [0.15, 0.2) is 18.2 Å². The molecule has 110 valence electrons. The average molecular weight is 299 g/mol. The van der Waals surface area contributed by atoms with Gasteiger partial charge in [-0.2, -0.15) is 0 Å². The molecule has 0 bridgehead atoms. The molecule has 0 aliphatic rings. The highest BCUT2D eigenvalue weighted by Crippen LogP contribution is 2.23. The van der Waals surface area contributed by atoms with Crippen molar-refractivity contribution in [3.05, 3.63) is 28.8 Å². The van der Waals surface area contributed by atoms with E-state index in [1.165, 1.54) is 0 Å². The molecule has 1 atom stereocenters. The van der Waals surface area contributed by atoms with Crippen molar-refractivity contribution in [1.29, 1.82) is 0 Å². The Morgan fingerprint density at radius 1 is 1.30 bits per heavy atom. The Morgan fingerprint density at radius 3 is 2.35 bits per heavy atom. The number of hydrogen-bond donors (Lipinski definition) is 3. The summed E-state index contributed by atoms with van der Waals surface area (Å²) in [5.74, 6) is -1.08. The molecule has 0 spiro atoms. The van der Waals surface area contributed by atoms with Crippen LogP contribution in [-0.2, 0) is 4.79 Å². The first kappa shape index (κ1) is 16.3. The number of carbonyl (C=O) groups is 2. The van der Waals surface area contributed by atoms with Gasteiger partial charge in [-0.1, -0.05) is 38.4 Å². The van der Waals surface area contributed by atoms with Crippen molar-refractivity contribution in [1.82, 2.24) is 5.32 Å². The minimum atomic E-state index is -1.08. The van der Waals surface area contributed by atoms with Crippen molar-refractivity contribution < 1.29 is 14.7 Å². The number of hydrogen-bond acceptors (Lipinski definition) is 2.